The predicted molar refractivity (Wildman–Crippen MR) is 44.0 cm³/mol. The smallest absolute Gasteiger partial charge is 0.151 e. The van der Waals surface area contributed by atoms with E-state index in [1.165, 1.54) is 0 Å². The molecule has 4 heteroatoms. The summed E-state index contributed by atoms with van der Waals surface area (Å²) in [5.41, 5.74) is 5.25. The number of aliphatic hydroxyl groups is 2. The van der Waals surface area contributed by atoms with Crippen molar-refractivity contribution >= 4 is 0 Å². The lowest BCUT2D eigenvalue weighted by Gasteiger charge is -2.03. The summed E-state index contributed by atoms with van der Waals surface area (Å²) in [5, 5.41) is 20.1. The van der Waals surface area contributed by atoms with Crippen molar-refractivity contribution in [2.45, 2.75) is 25.6 Å². The molecule has 0 radical (unpaired) electrons. The quantitative estimate of drug-likeness (QED) is 0.286. The van der Waals surface area contributed by atoms with Crippen LogP contribution >= 0.6 is 0 Å². The van der Waals surface area contributed by atoms with Crippen LogP contribution in [0.3, 0.4) is 0 Å². The van der Waals surface area contributed by atoms with Gasteiger partial charge in [-0.05, 0) is 25.8 Å². The minimum atomic E-state index is -1.15. The lowest BCUT2D eigenvalue weighted by Crippen LogP contribution is -2.23. The molecule has 0 rings (SSSR count). The first-order valence-electron chi connectivity index (χ1n) is 4.04. The van der Waals surface area contributed by atoms with Crippen LogP contribution < -0.4 is 11.1 Å². The summed E-state index contributed by atoms with van der Waals surface area (Å²) in [6, 6.07) is 0. The van der Waals surface area contributed by atoms with Gasteiger partial charge in [-0.1, -0.05) is 0 Å². The Labute approximate surface area is 67.4 Å². The Morgan fingerprint density at radius 3 is 2.45 bits per heavy atom. The van der Waals surface area contributed by atoms with E-state index in [1.807, 2.05) is 0 Å². The number of unbranched alkanes of at least 4 members (excludes halogenated alkanes) is 1. The van der Waals surface area contributed by atoms with E-state index >= 15 is 0 Å². The molecule has 11 heavy (non-hydrogen) atoms. The highest BCUT2D eigenvalue weighted by atomic mass is 16.5. The second-order valence-electron chi connectivity index (χ2n) is 2.52. The van der Waals surface area contributed by atoms with Crippen LogP contribution in [0, 0.1) is 0 Å². The molecule has 0 atom stereocenters. The highest BCUT2D eigenvalue weighted by Crippen LogP contribution is 1.96. The average Bonchev–Trinajstić information content (AvgIpc) is 1.96. The highest BCUT2D eigenvalue weighted by molar-refractivity contribution is 4.49. The van der Waals surface area contributed by atoms with Gasteiger partial charge >= 0.3 is 0 Å². The van der Waals surface area contributed by atoms with Crippen LogP contribution in [0.4, 0.5) is 0 Å². The van der Waals surface area contributed by atoms with Gasteiger partial charge in [-0.15, -0.1) is 0 Å². The first-order valence-corrected chi connectivity index (χ1v) is 4.04. The van der Waals surface area contributed by atoms with Crippen molar-refractivity contribution < 1.29 is 10.2 Å². The van der Waals surface area contributed by atoms with Crippen molar-refractivity contribution in [1.82, 2.24) is 5.32 Å². The van der Waals surface area contributed by atoms with E-state index in [0.29, 0.717) is 13.0 Å². The summed E-state index contributed by atoms with van der Waals surface area (Å²) >= 11 is 0. The van der Waals surface area contributed by atoms with Gasteiger partial charge in [-0.25, -0.2) is 0 Å². The summed E-state index contributed by atoms with van der Waals surface area (Å²) in [5.74, 6) is 0. The van der Waals surface area contributed by atoms with Crippen molar-refractivity contribution in [3.63, 3.8) is 0 Å². The van der Waals surface area contributed by atoms with Gasteiger partial charge in [0.05, 0.1) is 0 Å². The number of hydrogen-bond acceptors (Lipinski definition) is 4. The molecule has 5 N–H and O–H groups in total. The van der Waals surface area contributed by atoms with Gasteiger partial charge in [0.1, 0.15) is 0 Å². The molecule has 0 aromatic heterocycles. The third kappa shape index (κ3) is 9.84. The Morgan fingerprint density at radius 2 is 1.91 bits per heavy atom. The summed E-state index contributed by atoms with van der Waals surface area (Å²) < 4.78 is 0. The van der Waals surface area contributed by atoms with E-state index in [9.17, 15) is 0 Å². The van der Waals surface area contributed by atoms with Crippen molar-refractivity contribution in [1.29, 1.82) is 0 Å². The Morgan fingerprint density at radius 1 is 1.18 bits per heavy atom. The zero-order chi connectivity index (χ0) is 8.53. The fraction of sp³-hybridized carbons (Fsp3) is 1.00. The molecule has 0 aliphatic rings. The van der Waals surface area contributed by atoms with E-state index in [-0.39, 0.29) is 0 Å². The normalized spacial score (nSPS) is 10.9. The lowest BCUT2D eigenvalue weighted by molar-refractivity contribution is -0.0464. The van der Waals surface area contributed by atoms with Crippen LogP contribution in [0.2, 0.25) is 0 Å². The fourth-order valence-corrected chi connectivity index (χ4v) is 0.804. The fourth-order valence-electron chi connectivity index (χ4n) is 0.804. The zero-order valence-electron chi connectivity index (χ0n) is 6.79. The molecule has 0 spiro atoms. The van der Waals surface area contributed by atoms with Crippen LogP contribution in [0.25, 0.3) is 0 Å². The molecule has 0 saturated heterocycles. The van der Waals surface area contributed by atoms with Crippen LogP contribution in [-0.4, -0.2) is 36.1 Å². The van der Waals surface area contributed by atoms with Gasteiger partial charge in [-0.3, -0.25) is 0 Å². The maximum atomic E-state index is 8.47. The zero-order valence-corrected chi connectivity index (χ0v) is 6.79. The van der Waals surface area contributed by atoms with Crippen molar-refractivity contribution in [3.8, 4) is 0 Å². The monoisotopic (exact) mass is 162 g/mol. The Bertz CT molecular complexity index is 78.8. The van der Waals surface area contributed by atoms with E-state index in [1.54, 1.807) is 0 Å². The van der Waals surface area contributed by atoms with Gasteiger partial charge in [0, 0.05) is 13.1 Å². The van der Waals surface area contributed by atoms with Crippen LogP contribution in [0.1, 0.15) is 19.3 Å². The molecule has 0 saturated carbocycles. The second kappa shape index (κ2) is 7.94. The average molecular weight is 162 g/mol. The summed E-state index contributed by atoms with van der Waals surface area (Å²) in [6.07, 6.45) is 1.13. The molecule has 68 valence electrons. The number of nitrogens with two attached hydrogens (primary N) is 1. The molecular formula is C7H18N2O2. The first kappa shape index (κ1) is 10.8. The highest BCUT2D eigenvalue weighted by Gasteiger charge is 1.95. The van der Waals surface area contributed by atoms with Gasteiger partial charge in [-0.2, -0.15) is 0 Å². The third-order valence-corrected chi connectivity index (χ3v) is 1.39. The molecular weight excluding hydrogens is 144 g/mol. The van der Waals surface area contributed by atoms with Crippen LogP contribution in [0.5, 0.6) is 0 Å². The topological polar surface area (TPSA) is 78.5 Å². The Kier molecular flexibility index (Phi) is 7.83. The summed E-state index contributed by atoms with van der Waals surface area (Å²) in [4.78, 5) is 0. The molecule has 0 bridgehead atoms. The molecule has 0 heterocycles. The third-order valence-electron chi connectivity index (χ3n) is 1.39. The standard InChI is InChI=1S/C7H18N2O2/c8-4-6-9-5-2-1-3-7(10)11/h7,9-11H,1-6,8H2. The SMILES string of the molecule is NCCNCCCCC(O)O. The van der Waals surface area contributed by atoms with Crippen LogP contribution in [0.15, 0.2) is 0 Å². The number of nitrogens with one attached hydrogen (secondary N) is 1. The van der Waals surface area contributed by atoms with E-state index in [4.69, 9.17) is 15.9 Å². The van der Waals surface area contributed by atoms with Crippen molar-refractivity contribution in [2.24, 2.45) is 5.73 Å². The minimum Gasteiger partial charge on any atom is -0.368 e. The molecule has 0 unspecified atom stereocenters. The Balaban J connectivity index is 2.80. The molecule has 0 aromatic carbocycles. The molecule has 0 aliphatic carbocycles. The van der Waals surface area contributed by atoms with E-state index < -0.39 is 6.29 Å². The molecule has 0 aromatic rings. The molecule has 0 amide bonds. The first-order chi connectivity index (χ1) is 5.27. The van der Waals surface area contributed by atoms with E-state index in [2.05, 4.69) is 5.32 Å². The van der Waals surface area contributed by atoms with Gasteiger partial charge in [0.2, 0.25) is 0 Å². The maximum Gasteiger partial charge on any atom is 0.151 e. The maximum absolute atomic E-state index is 8.47. The molecule has 0 aliphatic heterocycles. The van der Waals surface area contributed by atoms with Gasteiger partial charge in [0.15, 0.2) is 6.29 Å². The van der Waals surface area contributed by atoms with Crippen LogP contribution in [-0.2, 0) is 0 Å². The number of rotatable bonds is 7. The van der Waals surface area contributed by atoms with Gasteiger partial charge < -0.3 is 21.3 Å². The van der Waals surface area contributed by atoms with Gasteiger partial charge in [0.25, 0.3) is 0 Å². The number of hydrogen-bond donors (Lipinski definition) is 4. The largest absolute Gasteiger partial charge is 0.368 e. The lowest BCUT2D eigenvalue weighted by atomic mass is 10.2. The van der Waals surface area contributed by atoms with Crippen molar-refractivity contribution in [3.05, 3.63) is 0 Å². The van der Waals surface area contributed by atoms with E-state index in [0.717, 1.165) is 25.9 Å². The minimum absolute atomic E-state index is 0.463. The molecule has 0 fully saturated rings. The Hall–Kier alpha value is -0.160. The molecule has 4 nitrogen and oxygen atoms in total. The predicted octanol–water partition coefficient (Wildman–Crippen LogP) is -0.984. The number of aliphatic hydroxyl groups excluding tert-OH is 1. The van der Waals surface area contributed by atoms with Crippen molar-refractivity contribution in [2.75, 3.05) is 19.6 Å². The summed E-state index contributed by atoms with van der Waals surface area (Å²) in [6.45, 7) is 2.40. The second-order valence-corrected chi connectivity index (χ2v) is 2.52. The summed E-state index contributed by atoms with van der Waals surface area (Å²) in [7, 11) is 0.